The van der Waals surface area contributed by atoms with Gasteiger partial charge in [-0.25, -0.2) is 13.4 Å². The Labute approximate surface area is 580 Å². The first-order valence-corrected chi connectivity index (χ1v) is 34.1. The van der Waals surface area contributed by atoms with E-state index in [9.17, 15) is 101 Å². The van der Waals surface area contributed by atoms with Crippen LogP contribution in [0.1, 0.15) is 90.4 Å². The Morgan fingerprint density at radius 2 is 1.15 bits per heavy atom. The summed E-state index contributed by atoms with van der Waals surface area (Å²) in [7, 11) is -4.38. The van der Waals surface area contributed by atoms with E-state index >= 15 is 0 Å². The van der Waals surface area contributed by atoms with Crippen LogP contribution in [0.15, 0.2) is 58.6 Å². The van der Waals surface area contributed by atoms with Gasteiger partial charge in [-0.1, -0.05) is 23.8 Å². The van der Waals surface area contributed by atoms with E-state index in [4.69, 9.17) is 4.74 Å². The summed E-state index contributed by atoms with van der Waals surface area (Å²) >= 11 is 0. The molecule has 0 unspecified atom stereocenters. The van der Waals surface area contributed by atoms with Crippen molar-refractivity contribution in [1.29, 1.82) is 0 Å². The van der Waals surface area contributed by atoms with Crippen molar-refractivity contribution in [1.82, 2.24) is 65.4 Å². The largest absolute Gasteiger partial charge is 0.481 e. The number of aromatic amines is 1. The van der Waals surface area contributed by atoms with Gasteiger partial charge in [-0.3, -0.25) is 81.9 Å². The summed E-state index contributed by atoms with van der Waals surface area (Å²) in [6, 6.07) is 2.94. The normalized spacial score (nSPS) is 14.6. The molecule has 2 aromatic heterocycles. The number of hydrogen-bond acceptors (Lipinski definition) is 22. The van der Waals surface area contributed by atoms with Crippen molar-refractivity contribution in [3.8, 4) is 0 Å². The Hall–Kier alpha value is -9.79. The van der Waals surface area contributed by atoms with Gasteiger partial charge >= 0.3 is 35.8 Å². The topological polar surface area (TPSA) is 517 Å². The van der Waals surface area contributed by atoms with Crippen LogP contribution in [0.3, 0.4) is 0 Å². The third-order valence-electron chi connectivity index (χ3n) is 16.0. The maximum Gasteiger partial charge on any atom is 0.323 e. The van der Waals surface area contributed by atoms with Crippen molar-refractivity contribution in [2.24, 2.45) is 0 Å². The van der Waals surface area contributed by atoms with Gasteiger partial charge in [-0.05, 0) is 75.3 Å². The first kappa shape index (κ1) is 81.9. The summed E-state index contributed by atoms with van der Waals surface area (Å²) in [4.78, 5) is 178. The lowest BCUT2D eigenvalue weighted by Crippen LogP contribution is -2.56. The SMILES string of the molecule is Cc1cc(C)c(S(=O)(=O)N[C@@H](CNC(=O)c2cn(CCCCC(=O)CCC(=O)NCCCOCCCNC(=O)[C@@H](CC(=O)O)NC(=O)[C@@H](CC(=O)O)NC(=O)CN3CCN(CC(=O)O)CCN(CC(=O)O)CCN(CC(=O)O)CC3)c3cc(CNc4ncc[nH]4)ccc3c2=O)C(=O)O)c(C)c1. The number of anilines is 1. The molecule has 37 heteroatoms. The van der Waals surface area contributed by atoms with Crippen molar-refractivity contribution in [3.63, 3.8) is 0 Å². The average Bonchev–Trinajstić information content (AvgIpc) is 1.12. The number of nitrogens with zero attached hydrogens (tertiary/aromatic N) is 6. The van der Waals surface area contributed by atoms with Gasteiger partial charge in [0, 0.05) is 142 Å². The number of carbonyl (C=O) groups excluding carboxylic acids is 6. The van der Waals surface area contributed by atoms with Crippen LogP contribution in [0.4, 0.5) is 5.95 Å². The van der Waals surface area contributed by atoms with Gasteiger partial charge in [0.1, 0.15) is 29.5 Å². The highest BCUT2D eigenvalue weighted by molar-refractivity contribution is 7.89. The van der Waals surface area contributed by atoms with Gasteiger partial charge in [0.05, 0.1) is 49.4 Å². The van der Waals surface area contributed by atoms with E-state index in [1.54, 1.807) is 73.0 Å². The number of benzene rings is 2. The summed E-state index contributed by atoms with van der Waals surface area (Å²) in [5, 5.41) is 73.2. The van der Waals surface area contributed by atoms with Crippen LogP contribution in [0.2, 0.25) is 0 Å². The molecule has 1 aliphatic heterocycles. The van der Waals surface area contributed by atoms with Crippen LogP contribution >= 0.6 is 0 Å². The molecule has 554 valence electrons. The maximum absolute atomic E-state index is 13.9. The van der Waals surface area contributed by atoms with E-state index in [-0.39, 0.29) is 145 Å². The molecule has 36 nitrogen and oxygen atoms in total. The number of aromatic nitrogens is 3. The number of amides is 5. The van der Waals surface area contributed by atoms with Crippen LogP contribution in [-0.4, -0.2) is 274 Å². The fourth-order valence-electron chi connectivity index (χ4n) is 11.1. The molecular weight excluding hydrogens is 1350 g/mol. The number of unbranched alkanes of at least 4 members (excludes halogenated alkanes) is 1. The van der Waals surface area contributed by atoms with Crippen LogP contribution in [0, 0.1) is 20.8 Å². The summed E-state index contributed by atoms with van der Waals surface area (Å²) < 4.78 is 36.3. The number of carbonyl (C=O) groups is 12. The van der Waals surface area contributed by atoms with E-state index in [0.717, 1.165) is 11.1 Å². The maximum atomic E-state index is 13.9. The number of ketones is 1. The van der Waals surface area contributed by atoms with Crippen molar-refractivity contribution < 1.29 is 101 Å². The lowest BCUT2D eigenvalue weighted by molar-refractivity contribution is -0.143. The zero-order valence-corrected chi connectivity index (χ0v) is 57.3. The molecule has 0 aliphatic carbocycles. The van der Waals surface area contributed by atoms with E-state index < -0.39 is 132 Å². The third-order valence-corrected chi connectivity index (χ3v) is 17.8. The molecule has 3 heterocycles. The number of hydrogen-bond donors (Lipinski definition) is 14. The minimum absolute atomic E-state index is 0.0224. The highest BCUT2D eigenvalue weighted by Crippen LogP contribution is 2.23. The van der Waals surface area contributed by atoms with Crippen LogP contribution in [0.5, 0.6) is 0 Å². The van der Waals surface area contributed by atoms with Gasteiger partial charge < -0.3 is 76.8 Å². The van der Waals surface area contributed by atoms with Crippen LogP contribution in [-0.2, 0) is 80.6 Å². The number of carboxylic acids is 6. The van der Waals surface area contributed by atoms with Gasteiger partial charge in [0.15, 0.2) is 5.95 Å². The number of H-pyrrole nitrogens is 1. The number of aryl methyl sites for hydroxylation is 4. The Morgan fingerprint density at radius 1 is 0.604 bits per heavy atom. The highest BCUT2D eigenvalue weighted by atomic mass is 32.2. The second-order valence-corrected chi connectivity index (χ2v) is 25.9. The van der Waals surface area contributed by atoms with Gasteiger partial charge in [0.2, 0.25) is 39.1 Å². The number of Topliss-reactive ketones (excluding diaryl/α,β-unsaturated/α-hetero) is 1. The molecule has 1 fully saturated rings. The fraction of sp³-hybridized carbons (Fsp3) is 0.531. The number of carboxylic acid groups (broad SMARTS) is 6. The molecule has 4 aromatic rings. The van der Waals surface area contributed by atoms with Gasteiger partial charge in [-0.15, -0.1) is 0 Å². The summed E-state index contributed by atoms with van der Waals surface area (Å²) in [6.45, 7) is 4.00. The zero-order chi connectivity index (χ0) is 74.3. The van der Waals surface area contributed by atoms with E-state index in [2.05, 4.69) is 46.6 Å². The van der Waals surface area contributed by atoms with Crippen LogP contribution in [0.25, 0.3) is 10.9 Å². The minimum Gasteiger partial charge on any atom is -0.481 e. The van der Waals surface area contributed by atoms with Gasteiger partial charge in [-0.2, -0.15) is 4.72 Å². The Balaban J connectivity index is 1.05. The van der Waals surface area contributed by atoms with Crippen molar-refractivity contribution in [2.45, 2.75) is 115 Å². The molecule has 101 heavy (non-hydrogen) atoms. The second-order valence-electron chi connectivity index (χ2n) is 24.3. The molecule has 0 spiro atoms. The fourth-order valence-corrected chi connectivity index (χ4v) is 12.7. The number of ether oxygens (including phenoxy) is 1. The van der Waals surface area contributed by atoms with Crippen LogP contribution < -0.4 is 42.1 Å². The minimum atomic E-state index is -4.38. The van der Waals surface area contributed by atoms with Crippen molar-refractivity contribution in [2.75, 3.05) is 117 Å². The quantitative estimate of drug-likeness (QED) is 0.0221. The Morgan fingerprint density at radius 3 is 1.67 bits per heavy atom. The lowest BCUT2D eigenvalue weighted by atomic mass is 10.1. The molecule has 0 saturated carbocycles. The van der Waals surface area contributed by atoms with E-state index in [0.29, 0.717) is 48.4 Å². The summed E-state index contributed by atoms with van der Waals surface area (Å²) in [6.07, 6.45) is 3.88. The molecule has 14 N–H and O–H groups in total. The summed E-state index contributed by atoms with van der Waals surface area (Å²) in [5.74, 6) is -12.2. The molecule has 5 amide bonds. The first-order valence-electron chi connectivity index (χ1n) is 32.6. The average molecular weight is 1440 g/mol. The van der Waals surface area contributed by atoms with Crippen molar-refractivity contribution in [3.05, 3.63) is 87.0 Å². The smallest absolute Gasteiger partial charge is 0.323 e. The predicted molar refractivity (Wildman–Crippen MR) is 360 cm³/mol. The number of imidazole rings is 1. The molecular formula is C64H90N14O22S. The van der Waals surface area contributed by atoms with Crippen molar-refractivity contribution >= 4 is 98.0 Å². The molecule has 0 bridgehead atoms. The number of pyridine rings is 1. The molecule has 1 saturated heterocycles. The number of aliphatic carboxylic acids is 6. The molecule has 1 aliphatic rings. The number of nitrogens with one attached hydrogen (secondary N) is 8. The lowest BCUT2D eigenvalue weighted by Gasteiger charge is -2.33. The summed E-state index contributed by atoms with van der Waals surface area (Å²) in [5.41, 5.74) is 1.79. The van der Waals surface area contributed by atoms with E-state index in [1.165, 1.54) is 20.9 Å². The second kappa shape index (κ2) is 41.1. The highest BCUT2D eigenvalue weighted by Gasteiger charge is 2.32. The molecule has 0 radical (unpaired) electrons. The monoisotopic (exact) mass is 1440 g/mol. The standard InChI is InChI=1S/C64H90N14O22S/c1-40-28-41(2)59(42(3)29-40)101(98,99)73-49(63(96)97)34-69-60(93)46-35-78(50-30-43(9-11-45(50)58(46)92)33-70-64-67-15-16-68-64)17-5-4-8-44(79)10-12-51(80)65-13-6-26-100-27-7-14-66-61(94)47(31-53(82)83)72-62(95)48(32-54(84)85)71-52(81)36-74-18-20-75(37-55(86)87)22-24-77(39-57(90)91)25-23-76(21-19-74)38-56(88)89/h9,11,15-16,28-30,35,47-49,73H,4-8,10,12-14,17-27,31-34,36-39H2,1-3H3,(H,65,80)(H,66,94)(H,69,93)(H,71,81)(H,72,95)(H,82,83)(H,84,85)(H,86,87)(H,88,89)(H,90,91)(H,96,97)(H2,67,68,70)/t47-,48-,49+/m1/s1. The predicted octanol–water partition coefficient (Wildman–Crippen LogP) is -1.63. The number of sulfonamides is 1. The number of rotatable bonds is 42. The Kier molecular flexibility index (Phi) is 33.3. The van der Waals surface area contributed by atoms with Gasteiger partial charge in [0.25, 0.3) is 5.91 Å². The van der Waals surface area contributed by atoms with E-state index in [1.807, 2.05) is 0 Å². The number of fused-ring (bicyclic) bond motifs is 1. The molecule has 5 rings (SSSR count). The zero-order valence-electron chi connectivity index (χ0n) is 56.5. The molecule has 3 atom stereocenters. The Bertz CT molecular complexity index is 3700. The molecule has 2 aromatic carbocycles. The third kappa shape index (κ3) is 29.1. The first-order chi connectivity index (χ1) is 47.9.